The minimum Gasteiger partial charge on any atom is -0.489 e. The van der Waals surface area contributed by atoms with Crippen LogP contribution < -0.4 is 9.64 Å². The quantitative estimate of drug-likeness (QED) is 0.717. The number of Topliss-reactive ketones (excluding diaryl/α,β-unsaturated/α-hetero) is 1. The molecule has 0 bridgehead atoms. The fourth-order valence-corrected chi connectivity index (χ4v) is 3.81. The second kappa shape index (κ2) is 7.00. The van der Waals surface area contributed by atoms with E-state index >= 15 is 0 Å². The summed E-state index contributed by atoms with van der Waals surface area (Å²) in [7, 11) is 0. The normalized spacial score (nSPS) is 16.7. The van der Waals surface area contributed by atoms with Crippen molar-refractivity contribution >= 4 is 11.5 Å². The van der Waals surface area contributed by atoms with Crippen LogP contribution in [-0.2, 0) is 24.0 Å². The first-order valence-corrected chi connectivity index (χ1v) is 9.25. The van der Waals surface area contributed by atoms with Crippen molar-refractivity contribution in [1.29, 1.82) is 0 Å². The molecule has 0 aliphatic carbocycles. The van der Waals surface area contributed by atoms with Gasteiger partial charge in [0.15, 0.2) is 5.78 Å². The molecular weight excluding hydrogens is 367 g/mol. The number of hydrogen-bond acceptors (Lipinski definition) is 3. The predicted molar refractivity (Wildman–Crippen MR) is 100 cm³/mol. The van der Waals surface area contributed by atoms with Gasteiger partial charge in [-0.2, -0.15) is 13.2 Å². The Balaban J connectivity index is 1.48. The van der Waals surface area contributed by atoms with Crippen LogP contribution in [0.5, 0.6) is 5.75 Å². The Kier molecular flexibility index (Phi) is 4.65. The van der Waals surface area contributed by atoms with Crippen molar-refractivity contribution in [2.24, 2.45) is 0 Å². The zero-order valence-electron chi connectivity index (χ0n) is 15.5. The van der Waals surface area contributed by atoms with Crippen molar-refractivity contribution in [3.63, 3.8) is 0 Å². The number of carbonyl (C=O) groups is 1. The highest BCUT2D eigenvalue weighted by molar-refractivity contribution is 5.98. The van der Waals surface area contributed by atoms with E-state index in [4.69, 9.17) is 4.74 Å². The van der Waals surface area contributed by atoms with Crippen LogP contribution in [0.2, 0.25) is 0 Å². The molecule has 2 aliphatic heterocycles. The standard InChI is InChI=1S/C22H20F3NO2/c1-14-19-8-4-16-12-18(7-9-20(16)26(19)11-10-21(14)27)28-13-15-2-5-17(6-3-15)22(23,24)25/h2-3,5-7,9,12H,4,8,10-11,13H2,1H3. The summed E-state index contributed by atoms with van der Waals surface area (Å²) in [5.74, 6) is 0.919. The Bertz CT molecular complexity index is 945. The number of halogens is 3. The van der Waals surface area contributed by atoms with Crippen LogP contribution in [0.1, 0.15) is 36.5 Å². The number of ketones is 1. The number of alkyl halides is 3. The van der Waals surface area contributed by atoms with E-state index in [-0.39, 0.29) is 12.4 Å². The van der Waals surface area contributed by atoms with Gasteiger partial charge in [0, 0.05) is 29.9 Å². The van der Waals surface area contributed by atoms with E-state index in [1.165, 1.54) is 12.1 Å². The SMILES string of the molecule is CC1=C2CCc3cc(OCc4ccc(C(F)(F)F)cc4)ccc3N2CCC1=O. The summed E-state index contributed by atoms with van der Waals surface area (Å²) >= 11 is 0. The molecule has 0 aromatic heterocycles. The molecule has 2 heterocycles. The summed E-state index contributed by atoms with van der Waals surface area (Å²) in [5.41, 5.74) is 4.26. The highest BCUT2D eigenvalue weighted by Crippen LogP contribution is 2.38. The summed E-state index contributed by atoms with van der Waals surface area (Å²) in [6.07, 6.45) is -2.14. The van der Waals surface area contributed by atoms with Gasteiger partial charge in [0.05, 0.1) is 5.56 Å². The van der Waals surface area contributed by atoms with Crippen LogP contribution in [0.3, 0.4) is 0 Å². The largest absolute Gasteiger partial charge is 0.489 e. The van der Waals surface area contributed by atoms with Gasteiger partial charge in [0.25, 0.3) is 0 Å². The Labute approximate surface area is 161 Å². The zero-order valence-corrected chi connectivity index (χ0v) is 15.5. The molecular formula is C22H20F3NO2. The van der Waals surface area contributed by atoms with Crippen molar-refractivity contribution < 1.29 is 22.7 Å². The van der Waals surface area contributed by atoms with E-state index in [0.29, 0.717) is 24.3 Å². The summed E-state index contributed by atoms with van der Waals surface area (Å²) in [4.78, 5) is 14.2. The molecule has 3 nitrogen and oxygen atoms in total. The van der Waals surface area contributed by atoms with Crippen LogP contribution in [0.4, 0.5) is 18.9 Å². The molecule has 2 aliphatic rings. The summed E-state index contributed by atoms with van der Waals surface area (Å²) in [6, 6.07) is 10.9. The fourth-order valence-electron chi connectivity index (χ4n) is 3.81. The second-order valence-electron chi connectivity index (χ2n) is 7.17. The number of ether oxygens (including phenoxy) is 1. The monoisotopic (exact) mass is 387 g/mol. The van der Waals surface area contributed by atoms with Gasteiger partial charge in [0.2, 0.25) is 0 Å². The highest BCUT2D eigenvalue weighted by Gasteiger charge is 2.30. The maximum Gasteiger partial charge on any atom is 0.416 e. The lowest BCUT2D eigenvalue weighted by Crippen LogP contribution is -2.35. The minimum atomic E-state index is -4.33. The average molecular weight is 387 g/mol. The highest BCUT2D eigenvalue weighted by atomic mass is 19.4. The third kappa shape index (κ3) is 3.51. The number of rotatable bonds is 3. The molecule has 0 amide bonds. The third-order valence-electron chi connectivity index (χ3n) is 5.40. The molecule has 2 aromatic rings. The molecule has 0 saturated carbocycles. The van der Waals surface area contributed by atoms with Gasteiger partial charge in [0.1, 0.15) is 12.4 Å². The Morgan fingerprint density at radius 1 is 1.04 bits per heavy atom. The topological polar surface area (TPSA) is 29.5 Å². The van der Waals surface area contributed by atoms with Crippen LogP contribution in [0, 0.1) is 0 Å². The van der Waals surface area contributed by atoms with Crippen molar-refractivity contribution in [2.75, 3.05) is 11.4 Å². The molecule has 0 saturated heterocycles. The Morgan fingerprint density at radius 2 is 1.79 bits per heavy atom. The summed E-state index contributed by atoms with van der Waals surface area (Å²) in [5, 5.41) is 0. The van der Waals surface area contributed by atoms with Gasteiger partial charge in [-0.3, -0.25) is 4.79 Å². The first-order chi connectivity index (χ1) is 13.3. The van der Waals surface area contributed by atoms with Gasteiger partial charge in [-0.15, -0.1) is 0 Å². The summed E-state index contributed by atoms with van der Waals surface area (Å²) < 4.78 is 43.7. The zero-order chi connectivity index (χ0) is 19.9. The molecule has 0 radical (unpaired) electrons. The number of anilines is 1. The molecule has 4 rings (SSSR count). The molecule has 0 fully saturated rings. The number of benzene rings is 2. The first-order valence-electron chi connectivity index (χ1n) is 9.25. The molecule has 28 heavy (non-hydrogen) atoms. The Hall–Kier alpha value is -2.76. The molecule has 0 spiro atoms. The maximum atomic E-state index is 12.6. The number of fused-ring (bicyclic) bond motifs is 3. The second-order valence-corrected chi connectivity index (χ2v) is 7.17. The minimum absolute atomic E-state index is 0.208. The Morgan fingerprint density at radius 3 is 2.50 bits per heavy atom. The molecule has 146 valence electrons. The van der Waals surface area contributed by atoms with Gasteiger partial charge in [-0.25, -0.2) is 0 Å². The smallest absolute Gasteiger partial charge is 0.416 e. The lowest BCUT2D eigenvalue weighted by atomic mass is 9.91. The lowest BCUT2D eigenvalue weighted by molar-refractivity contribution is -0.137. The van der Waals surface area contributed by atoms with E-state index in [2.05, 4.69) is 4.90 Å². The van der Waals surface area contributed by atoms with Crippen LogP contribution in [0.25, 0.3) is 0 Å². The van der Waals surface area contributed by atoms with Gasteiger partial charge < -0.3 is 9.64 Å². The fraction of sp³-hybridized carbons (Fsp3) is 0.318. The van der Waals surface area contributed by atoms with E-state index in [0.717, 1.165) is 47.5 Å². The van der Waals surface area contributed by atoms with Crippen molar-refractivity contribution in [3.05, 3.63) is 70.4 Å². The van der Waals surface area contributed by atoms with Gasteiger partial charge in [-0.05, 0) is 61.2 Å². The van der Waals surface area contributed by atoms with E-state index in [1.807, 2.05) is 25.1 Å². The van der Waals surface area contributed by atoms with E-state index < -0.39 is 11.7 Å². The van der Waals surface area contributed by atoms with Gasteiger partial charge >= 0.3 is 6.18 Å². The van der Waals surface area contributed by atoms with Crippen molar-refractivity contribution in [1.82, 2.24) is 0 Å². The maximum absolute atomic E-state index is 12.6. The van der Waals surface area contributed by atoms with Crippen LogP contribution >= 0.6 is 0 Å². The third-order valence-corrected chi connectivity index (χ3v) is 5.40. The molecule has 6 heteroatoms. The lowest BCUT2D eigenvalue weighted by Gasteiger charge is -2.37. The molecule has 0 atom stereocenters. The first kappa shape index (κ1) is 18.6. The molecule has 0 unspecified atom stereocenters. The summed E-state index contributed by atoms with van der Waals surface area (Å²) in [6.45, 7) is 2.81. The van der Waals surface area contributed by atoms with Crippen LogP contribution in [-0.4, -0.2) is 12.3 Å². The molecule has 0 N–H and O–H groups in total. The van der Waals surface area contributed by atoms with E-state index in [9.17, 15) is 18.0 Å². The predicted octanol–water partition coefficient (Wildman–Crippen LogP) is 5.28. The van der Waals surface area contributed by atoms with Gasteiger partial charge in [-0.1, -0.05) is 12.1 Å². The van der Waals surface area contributed by atoms with Crippen molar-refractivity contribution in [2.45, 2.75) is 39.0 Å². The van der Waals surface area contributed by atoms with Crippen LogP contribution in [0.15, 0.2) is 53.7 Å². The number of nitrogens with zero attached hydrogens (tertiary/aromatic N) is 1. The van der Waals surface area contributed by atoms with E-state index in [1.54, 1.807) is 0 Å². The number of carbonyl (C=O) groups excluding carboxylic acids is 1. The molecule has 2 aromatic carbocycles. The van der Waals surface area contributed by atoms with Crippen molar-refractivity contribution in [3.8, 4) is 5.75 Å². The number of aryl methyl sites for hydroxylation is 1. The average Bonchev–Trinajstić information content (AvgIpc) is 2.68. The number of allylic oxidation sites excluding steroid dienone is 2. The number of hydrogen-bond donors (Lipinski definition) is 0.